The highest BCUT2D eigenvalue weighted by Crippen LogP contribution is 2.43. The van der Waals surface area contributed by atoms with E-state index >= 15 is 0 Å². The zero-order chi connectivity index (χ0) is 49.5. The Kier molecular flexibility index (Phi) is 55.4. The van der Waals surface area contributed by atoms with E-state index < -0.39 is 20.0 Å². The van der Waals surface area contributed by atoms with Crippen molar-refractivity contribution in [2.24, 2.45) is 5.73 Å². The summed E-state index contributed by atoms with van der Waals surface area (Å²) in [4.78, 5) is 22.9. The number of carbonyl (C=O) groups excluding carboxylic acids is 1. The first-order valence-corrected chi connectivity index (χ1v) is 32.1. The Morgan fingerprint density at radius 2 is 0.676 bits per heavy atom. The molecule has 0 aliphatic rings. The van der Waals surface area contributed by atoms with Gasteiger partial charge >= 0.3 is 7.82 Å². The van der Waals surface area contributed by atoms with Gasteiger partial charge < -0.3 is 21.1 Å². The Balaban J connectivity index is 3.71. The van der Waals surface area contributed by atoms with Crippen molar-refractivity contribution in [1.82, 2.24) is 5.32 Å². The predicted molar refractivity (Wildman–Crippen MR) is 296 cm³/mol. The molecular weight excluding hydrogens is 864 g/mol. The first kappa shape index (κ1) is 67.5. The fraction of sp³-hybridized carbons (Fsp3) is 0.983. The quantitative estimate of drug-likeness (QED) is 0.0353. The molecule has 0 aromatic rings. The molecule has 0 spiro atoms. The number of phosphoric acid groups is 1. The molecule has 5 N–H and O–H groups in total. The van der Waals surface area contributed by atoms with Crippen LogP contribution in [0.3, 0.4) is 0 Å². The van der Waals surface area contributed by atoms with Crippen molar-refractivity contribution in [3.05, 3.63) is 0 Å². The van der Waals surface area contributed by atoms with Crippen LogP contribution in [0.25, 0.3) is 0 Å². The SMILES string of the molecule is CCCCCCCCCCCCCCCCCCCCCCCCCCCCCCCCCCCCCCC(=O)N[C@@H](COP(=O)(O)OCCN)[C@H](O)CCCCCCCCCCCCCCC. The number of aliphatic hydroxyl groups excluding tert-OH is 1. The zero-order valence-electron chi connectivity index (χ0n) is 45.9. The molecule has 0 saturated heterocycles. The van der Waals surface area contributed by atoms with E-state index in [1.165, 1.54) is 276 Å². The van der Waals surface area contributed by atoms with Crippen LogP contribution in [-0.4, -0.2) is 47.8 Å². The molecule has 0 heterocycles. The van der Waals surface area contributed by atoms with Gasteiger partial charge in [-0.2, -0.15) is 0 Å². The first-order valence-electron chi connectivity index (χ1n) is 30.7. The summed E-state index contributed by atoms with van der Waals surface area (Å²) in [6.07, 6.45) is 66.2. The summed E-state index contributed by atoms with van der Waals surface area (Å²) in [5, 5.41) is 13.9. The summed E-state index contributed by atoms with van der Waals surface area (Å²) in [7, 11) is -4.32. The zero-order valence-corrected chi connectivity index (χ0v) is 46.8. The standard InChI is InChI=1S/C59H121N2O6P/c1-3-5-7-9-11-13-15-17-18-19-20-21-22-23-24-25-26-27-28-29-30-31-32-33-34-35-36-37-38-39-41-43-45-47-49-51-53-59(63)61-57(56-67-68(64,65)66-55-54-60)58(62)52-50-48-46-44-42-40-16-14-12-10-8-6-4-2/h57-58,62H,3-56,60H2,1-2H3,(H,61,63)(H,64,65)/t57-,58+/m0/s1. The third kappa shape index (κ3) is 53.3. The average Bonchev–Trinajstić information content (AvgIpc) is 3.33. The number of amides is 1. The van der Waals surface area contributed by atoms with Crippen LogP contribution in [0.2, 0.25) is 0 Å². The molecule has 0 fully saturated rings. The number of aliphatic hydroxyl groups is 1. The van der Waals surface area contributed by atoms with Crippen molar-refractivity contribution < 1.29 is 28.4 Å². The molecule has 0 aliphatic carbocycles. The van der Waals surface area contributed by atoms with E-state index in [0.29, 0.717) is 12.8 Å². The highest BCUT2D eigenvalue weighted by Gasteiger charge is 2.27. The third-order valence-corrected chi connectivity index (χ3v) is 15.4. The van der Waals surface area contributed by atoms with Gasteiger partial charge in [0.05, 0.1) is 25.4 Å². The number of unbranched alkanes of at least 4 members (excludes halogenated alkanes) is 47. The molecule has 1 amide bonds. The van der Waals surface area contributed by atoms with Gasteiger partial charge in [-0.05, 0) is 12.8 Å². The van der Waals surface area contributed by atoms with E-state index in [2.05, 4.69) is 19.2 Å². The maximum absolute atomic E-state index is 12.9. The van der Waals surface area contributed by atoms with Gasteiger partial charge in [0.2, 0.25) is 5.91 Å². The molecule has 1 unspecified atom stereocenters. The van der Waals surface area contributed by atoms with Crippen LogP contribution in [0.5, 0.6) is 0 Å². The number of nitrogens with one attached hydrogen (secondary N) is 1. The predicted octanol–water partition coefficient (Wildman–Crippen LogP) is 18.9. The molecule has 8 nitrogen and oxygen atoms in total. The molecule has 0 aromatic heterocycles. The first-order chi connectivity index (χ1) is 33.4. The summed E-state index contributed by atoms with van der Waals surface area (Å²) in [6, 6.07) is -0.769. The second kappa shape index (κ2) is 55.8. The van der Waals surface area contributed by atoms with Crippen LogP contribution in [0.15, 0.2) is 0 Å². The van der Waals surface area contributed by atoms with E-state index in [4.69, 9.17) is 14.8 Å². The minimum absolute atomic E-state index is 0.0928. The number of rotatable bonds is 59. The lowest BCUT2D eigenvalue weighted by Crippen LogP contribution is -2.46. The van der Waals surface area contributed by atoms with E-state index in [-0.39, 0.29) is 25.7 Å². The van der Waals surface area contributed by atoms with Gasteiger partial charge in [-0.3, -0.25) is 13.8 Å². The molecule has 0 aliphatic heterocycles. The minimum atomic E-state index is -4.32. The van der Waals surface area contributed by atoms with Crippen molar-refractivity contribution >= 4 is 13.7 Å². The molecule has 0 radical (unpaired) electrons. The molecule has 0 saturated carbocycles. The second-order valence-corrected chi connectivity index (χ2v) is 22.7. The maximum Gasteiger partial charge on any atom is 0.472 e. The Labute approximate surface area is 424 Å². The lowest BCUT2D eigenvalue weighted by Gasteiger charge is -2.25. The summed E-state index contributed by atoms with van der Waals surface area (Å²) >= 11 is 0. The number of carbonyl (C=O) groups is 1. The van der Waals surface area contributed by atoms with E-state index in [1.807, 2.05) is 0 Å². The lowest BCUT2D eigenvalue weighted by molar-refractivity contribution is -0.123. The highest BCUT2D eigenvalue weighted by atomic mass is 31.2. The molecule has 3 atom stereocenters. The van der Waals surface area contributed by atoms with Gasteiger partial charge in [-0.15, -0.1) is 0 Å². The van der Waals surface area contributed by atoms with E-state index in [1.54, 1.807) is 0 Å². The monoisotopic (exact) mass is 985 g/mol. The second-order valence-electron chi connectivity index (χ2n) is 21.3. The van der Waals surface area contributed by atoms with Gasteiger partial charge in [0.25, 0.3) is 0 Å². The van der Waals surface area contributed by atoms with E-state index in [0.717, 1.165) is 38.5 Å². The van der Waals surface area contributed by atoms with Crippen LogP contribution in [-0.2, 0) is 18.4 Å². The largest absolute Gasteiger partial charge is 0.472 e. The Bertz CT molecular complexity index is 1040. The molecular formula is C59H121N2O6P. The summed E-state index contributed by atoms with van der Waals surface area (Å²) in [6.45, 7) is 4.26. The van der Waals surface area contributed by atoms with Crippen molar-refractivity contribution in [3.63, 3.8) is 0 Å². The summed E-state index contributed by atoms with van der Waals surface area (Å²) in [5.41, 5.74) is 5.41. The number of nitrogens with two attached hydrogens (primary N) is 1. The van der Waals surface area contributed by atoms with Crippen LogP contribution in [0.4, 0.5) is 0 Å². The number of phosphoric ester groups is 1. The number of hydrogen-bond donors (Lipinski definition) is 4. The molecule has 9 heteroatoms. The maximum atomic E-state index is 12.9. The Morgan fingerprint density at radius 3 is 0.941 bits per heavy atom. The summed E-state index contributed by atoms with van der Waals surface area (Å²) in [5.74, 6) is -0.153. The molecule has 408 valence electrons. The summed E-state index contributed by atoms with van der Waals surface area (Å²) < 4.78 is 22.3. The normalized spacial score (nSPS) is 13.5. The van der Waals surface area contributed by atoms with Crippen molar-refractivity contribution in [2.75, 3.05) is 19.8 Å². The van der Waals surface area contributed by atoms with Crippen LogP contribution < -0.4 is 11.1 Å². The molecule has 0 rings (SSSR count). The van der Waals surface area contributed by atoms with Crippen molar-refractivity contribution in [3.8, 4) is 0 Å². The topological polar surface area (TPSA) is 131 Å². The molecule has 0 bridgehead atoms. The van der Waals surface area contributed by atoms with Crippen molar-refractivity contribution in [1.29, 1.82) is 0 Å². The van der Waals surface area contributed by atoms with Crippen LogP contribution >= 0.6 is 7.82 Å². The fourth-order valence-corrected chi connectivity index (χ4v) is 10.6. The molecule has 68 heavy (non-hydrogen) atoms. The molecule has 0 aromatic carbocycles. The van der Waals surface area contributed by atoms with Gasteiger partial charge in [0, 0.05) is 13.0 Å². The fourth-order valence-electron chi connectivity index (χ4n) is 9.85. The average molecular weight is 986 g/mol. The van der Waals surface area contributed by atoms with Gasteiger partial charge in [-0.25, -0.2) is 4.57 Å². The smallest absolute Gasteiger partial charge is 0.391 e. The lowest BCUT2D eigenvalue weighted by atomic mass is 10.0. The van der Waals surface area contributed by atoms with Crippen molar-refractivity contribution in [2.45, 2.75) is 353 Å². The van der Waals surface area contributed by atoms with E-state index in [9.17, 15) is 19.4 Å². The minimum Gasteiger partial charge on any atom is -0.391 e. The van der Waals surface area contributed by atoms with Gasteiger partial charge in [0.15, 0.2) is 0 Å². The van der Waals surface area contributed by atoms with Gasteiger partial charge in [-0.1, -0.05) is 322 Å². The highest BCUT2D eigenvalue weighted by molar-refractivity contribution is 7.47. The number of hydrogen-bond acceptors (Lipinski definition) is 6. The third-order valence-electron chi connectivity index (χ3n) is 14.5. The Hall–Kier alpha value is -0.500. The van der Waals surface area contributed by atoms with Crippen LogP contribution in [0, 0.1) is 0 Å². The van der Waals surface area contributed by atoms with Gasteiger partial charge in [0.1, 0.15) is 0 Å². The Morgan fingerprint density at radius 1 is 0.426 bits per heavy atom. The van der Waals surface area contributed by atoms with Crippen LogP contribution in [0.1, 0.15) is 341 Å².